The fourth-order valence-corrected chi connectivity index (χ4v) is 8.83. The van der Waals surface area contributed by atoms with Crippen molar-refractivity contribution in [1.82, 2.24) is 31.6 Å². The monoisotopic (exact) mass is 871 g/mol. The minimum absolute atomic E-state index is 0.0238. The summed E-state index contributed by atoms with van der Waals surface area (Å²) in [6.45, 7) is 7.70. The van der Waals surface area contributed by atoms with Gasteiger partial charge in [0.1, 0.15) is 24.7 Å². The van der Waals surface area contributed by atoms with Crippen LogP contribution in [0.15, 0.2) is 104 Å². The van der Waals surface area contributed by atoms with Gasteiger partial charge in [0.2, 0.25) is 23.6 Å². The number of ether oxygens (including phenoxy) is 1. The average molecular weight is 872 g/mol. The van der Waals surface area contributed by atoms with Crippen molar-refractivity contribution in [3.8, 4) is 11.1 Å². The van der Waals surface area contributed by atoms with Gasteiger partial charge in [0.25, 0.3) is 0 Å². The number of guanidine groups is 1. The molecule has 2 aliphatic carbocycles. The maximum Gasteiger partial charge on any atom is 0.407 e. The molecule has 2 unspecified atom stereocenters. The highest BCUT2D eigenvalue weighted by Gasteiger charge is 2.42. The molecule has 1 fully saturated rings. The minimum Gasteiger partial charge on any atom is -0.449 e. The molecule has 1 saturated carbocycles. The van der Waals surface area contributed by atoms with Crippen molar-refractivity contribution >= 4 is 52.4 Å². The number of amides is 5. The Bertz CT molecular complexity index is 2350. The molecule has 11 N–H and O–H groups in total. The Hall–Kier alpha value is -7.23. The topological polar surface area (TPSA) is 263 Å². The summed E-state index contributed by atoms with van der Waals surface area (Å²) in [6, 6.07) is 18.9. The molecule has 0 bridgehead atoms. The van der Waals surface area contributed by atoms with Crippen molar-refractivity contribution in [2.75, 3.05) is 13.2 Å². The molecule has 0 spiro atoms. The number of para-hydroxylation sites is 1. The number of nitrogens with one attached hydrogen (secondary N) is 7. The quantitative estimate of drug-likeness (QED) is 0.0239. The van der Waals surface area contributed by atoms with Crippen LogP contribution in [0.1, 0.15) is 67.6 Å². The first kappa shape index (κ1) is 46.3. The lowest BCUT2D eigenvalue weighted by molar-refractivity contribution is -0.136. The van der Waals surface area contributed by atoms with Crippen molar-refractivity contribution in [2.24, 2.45) is 23.3 Å². The molecule has 16 nitrogen and oxygen atoms in total. The summed E-state index contributed by atoms with van der Waals surface area (Å²) in [4.78, 5) is 85.3. The van der Waals surface area contributed by atoms with Gasteiger partial charge in [-0.25, -0.2) is 4.79 Å². The van der Waals surface area contributed by atoms with Gasteiger partial charge >= 0.3 is 6.09 Å². The Kier molecular flexibility index (Phi) is 15.7. The van der Waals surface area contributed by atoms with Crippen molar-refractivity contribution in [1.29, 1.82) is 5.41 Å². The maximum atomic E-state index is 14.3. The van der Waals surface area contributed by atoms with Gasteiger partial charge in [-0.1, -0.05) is 85.3 Å². The van der Waals surface area contributed by atoms with Gasteiger partial charge < -0.3 is 47.8 Å². The van der Waals surface area contributed by atoms with E-state index in [-0.39, 0.29) is 56.5 Å². The van der Waals surface area contributed by atoms with Crippen LogP contribution in [-0.2, 0) is 35.1 Å². The predicted octanol–water partition coefficient (Wildman–Crippen LogP) is 3.96. The zero-order valence-electron chi connectivity index (χ0n) is 35.7. The van der Waals surface area contributed by atoms with Crippen LogP contribution in [0.25, 0.3) is 22.0 Å². The molecule has 1 heterocycles. The second kappa shape index (κ2) is 21.7. The van der Waals surface area contributed by atoms with E-state index in [4.69, 9.17) is 21.6 Å². The predicted molar refractivity (Wildman–Crippen MR) is 244 cm³/mol. The number of aromatic nitrogens is 1. The molecule has 4 aromatic rings. The van der Waals surface area contributed by atoms with Crippen LogP contribution in [0.2, 0.25) is 0 Å². The summed E-state index contributed by atoms with van der Waals surface area (Å²) in [5.41, 5.74) is 16.8. The van der Waals surface area contributed by atoms with Gasteiger partial charge in [0.05, 0.1) is 6.04 Å². The van der Waals surface area contributed by atoms with Crippen LogP contribution in [0.3, 0.4) is 0 Å². The first-order valence-electron chi connectivity index (χ1n) is 21.6. The van der Waals surface area contributed by atoms with E-state index in [0.717, 1.165) is 38.7 Å². The van der Waals surface area contributed by atoms with Crippen molar-refractivity contribution < 1.29 is 33.5 Å². The molecule has 6 rings (SSSR count). The molecule has 1 aromatic heterocycles. The van der Waals surface area contributed by atoms with Crippen molar-refractivity contribution in [3.05, 3.63) is 121 Å². The highest BCUT2D eigenvalue weighted by atomic mass is 16.5. The Labute approximate surface area is 371 Å². The number of hydrogen-bond donors (Lipinski definition) is 9. The molecule has 336 valence electrons. The van der Waals surface area contributed by atoms with Gasteiger partial charge in [0.15, 0.2) is 11.7 Å². The van der Waals surface area contributed by atoms with E-state index in [9.17, 15) is 28.8 Å². The zero-order chi connectivity index (χ0) is 45.8. The number of alkyl carbamates (subject to hydrolysis) is 1. The molecule has 0 aliphatic heterocycles. The molecular weight excluding hydrogens is 815 g/mol. The Balaban J connectivity index is 1.17. The summed E-state index contributed by atoms with van der Waals surface area (Å²) >= 11 is 0. The number of nitrogens with two attached hydrogens (primary N) is 2. The van der Waals surface area contributed by atoms with Gasteiger partial charge in [-0.05, 0) is 72.4 Å². The Morgan fingerprint density at radius 3 is 2.05 bits per heavy atom. The number of hydrogen-bond acceptors (Lipinski definition) is 8. The summed E-state index contributed by atoms with van der Waals surface area (Å²) in [5, 5.41) is 22.0. The minimum atomic E-state index is -1.21. The van der Waals surface area contributed by atoms with Gasteiger partial charge in [0, 0.05) is 47.8 Å². The summed E-state index contributed by atoms with van der Waals surface area (Å²) in [6.07, 6.45) is 5.81. The number of aromatic amines is 1. The molecule has 16 heteroatoms. The highest BCUT2D eigenvalue weighted by Crippen LogP contribution is 2.44. The molecule has 0 radical (unpaired) electrons. The van der Waals surface area contributed by atoms with E-state index >= 15 is 0 Å². The molecular formula is C48H57N9O7. The van der Waals surface area contributed by atoms with Gasteiger partial charge in [-0.3, -0.25) is 29.4 Å². The molecule has 2 aliphatic rings. The molecule has 64 heavy (non-hydrogen) atoms. The van der Waals surface area contributed by atoms with Crippen LogP contribution in [-0.4, -0.2) is 83.8 Å². The van der Waals surface area contributed by atoms with E-state index < -0.39 is 65.7 Å². The number of primary amides is 1. The second-order valence-electron chi connectivity index (χ2n) is 16.2. The number of carbonyl (C=O) groups excluding carboxylic acids is 6. The van der Waals surface area contributed by atoms with Crippen LogP contribution >= 0.6 is 0 Å². The average Bonchev–Trinajstić information content (AvgIpc) is 4.02. The number of ketones is 1. The standard InChI is InChI=1S/C48H57N9O7/c1-3-13-38(57-48(63)64-27-36-32-18-7-5-16-30(32)31-17-6-8-19-33(31)36)42(58)34-20-11-21-35(34)44(60)56-41(25-28-26-53-37-22-10-9-15-29(28)37)46(62)55-40(23-12-24-52-47(50)51)45(61)54-39(14-4-2)43(49)59/h3-10,15-19,22,26,34-36,38-41,53H,1-2,11-14,20-21,23-25,27H2,(H2,49,59)(H,54,61)(H,55,62)(H,56,60)(H,57,63)(H4,50,51,52)/t34?,35?,38-,39-,40-,41-/m0/s1. The first-order valence-corrected chi connectivity index (χ1v) is 21.6. The van der Waals surface area contributed by atoms with Crippen molar-refractivity contribution in [2.45, 2.75) is 81.5 Å². The van der Waals surface area contributed by atoms with Crippen LogP contribution < -0.4 is 38.1 Å². The van der Waals surface area contributed by atoms with Crippen LogP contribution in [0.5, 0.6) is 0 Å². The second-order valence-corrected chi connectivity index (χ2v) is 16.2. The summed E-state index contributed by atoms with van der Waals surface area (Å²) in [5.74, 6) is -5.07. The van der Waals surface area contributed by atoms with E-state index in [1.807, 2.05) is 72.8 Å². The lowest BCUT2D eigenvalue weighted by atomic mass is 9.86. The summed E-state index contributed by atoms with van der Waals surface area (Å²) in [7, 11) is 0. The third-order valence-corrected chi connectivity index (χ3v) is 12.0. The van der Waals surface area contributed by atoms with Crippen LogP contribution in [0.4, 0.5) is 4.79 Å². The number of fused-ring (bicyclic) bond motifs is 4. The normalized spacial score (nSPS) is 17.1. The number of Topliss-reactive ketones (excluding diaryl/α,β-unsaturated/α-hetero) is 1. The fraction of sp³-hybridized carbons (Fsp3) is 0.354. The fourth-order valence-electron chi connectivity index (χ4n) is 8.83. The van der Waals surface area contributed by atoms with E-state index in [1.165, 1.54) is 12.2 Å². The van der Waals surface area contributed by atoms with E-state index in [2.05, 4.69) is 44.7 Å². The molecule has 5 amide bonds. The lowest BCUT2D eigenvalue weighted by Gasteiger charge is -2.27. The maximum absolute atomic E-state index is 14.3. The number of H-pyrrole nitrogens is 1. The molecule has 6 atom stereocenters. The van der Waals surface area contributed by atoms with Crippen LogP contribution in [0, 0.1) is 17.2 Å². The smallest absolute Gasteiger partial charge is 0.407 e. The van der Waals surface area contributed by atoms with E-state index in [1.54, 1.807) is 6.20 Å². The zero-order valence-corrected chi connectivity index (χ0v) is 35.7. The number of benzene rings is 3. The lowest BCUT2D eigenvalue weighted by Crippen LogP contribution is -2.57. The number of carbonyl (C=O) groups is 6. The van der Waals surface area contributed by atoms with E-state index in [0.29, 0.717) is 25.7 Å². The Morgan fingerprint density at radius 2 is 1.38 bits per heavy atom. The third-order valence-electron chi connectivity index (χ3n) is 12.0. The third kappa shape index (κ3) is 11.2. The highest BCUT2D eigenvalue weighted by molar-refractivity contribution is 5.97. The molecule has 3 aromatic carbocycles. The Morgan fingerprint density at radius 1 is 0.766 bits per heavy atom. The largest absolute Gasteiger partial charge is 0.449 e. The van der Waals surface area contributed by atoms with Crippen molar-refractivity contribution in [3.63, 3.8) is 0 Å². The van der Waals surface area contributed by atoms with Gasteiger partial charge in [-0.15, -0.1) is 13.2 Å². The van der Waals surface area contributed by atoms with Gasteiger partial charge in [-0.2, -0.15) is 0 Å². The summed E-state index contributed by atoms with van der Waals surface area (Å²) < 4.78 is 5.76. The molecule has 0 saturated heterocycles. The first-order chi connectivity index (χ1) is 30.9. The number of rotatable bonds is 22. The SMILES string of the molecule is C=CC[C@H](NC(=O)[C@H](CCCNC(=N)N)NC(=O)[C@H](Cc1c[nH]c2ccccc12)NC(=O)C1CCCC1C(=O)[C@H](CC=C)NC(=O)OCC1c2ccccc2-c2ccccc21)C(N)=O.